The Labute approximate surface area is 101 Å². The molecule has 3 N–H and O–H groups in total. The minimum Gasteiger partial charge on any atom is -0.481 e. The minimum absolute atomic E-state index is 0.0424. The highest BCUT2D eigenvalue weighted by Crippen LogP contribution is 2.25. The molecule has 0 aromatic rings. The first-order chi connectivity index (χ1) is 8.16. The van der Waals surface area contributed by atoms with Crippen LogP contribution in [0.1, 0.15) is 38.5 Å². The van der Waals surface area contributed by atoms with Crippen LogP contribution in [-0.2, 0) is 9.59 Å². The lowest BCUT2D eigenvalue weighted by Gasteiger charge is -2.24. The number of hydrogen-bond donors (Lipinski definition) is 3. The van der Waals surface area contributed by atoms with E-state index in [0.29, 0.717) is 12.8 Å². The fourth-order valence-electron chi connectivity index (χ4n) is 2.71. The molecule has 0 aromatic heterocycles. The summed E-state index contributed by atoms with van der Waals surface area (Å²) in [6, 6.07) is -0.0278. The molecule has 17 heavy (non-hydrogen) atoms. The van der Waals surface area contributed by atoms with Gasteiger partial charge in [0.05, 0.1) is 12.0 Å². The van der Waals surface area contributed by atoms with Gasteiger partial charge >= 0.3 is 5.97 Å². The van der Waals surface area contributed by atoms with Crippen molar-refractivity contribution in [3.63, 3.8) is 0 Å². The normalized spacial score (nSPS) is 33.3. The highest BCUT2D eigenvalue weighted by atomic mass is 16.4. The zero-order valence-corrected chi connectivity index (χ0v) is 9.95. The topological polar surface area (TPSA) is 78.4 Å². The third-order valence-corrected chi connectivity index (χ3v) is 3.76. The van der Waals surface area contributed by atoms with Gasteiger partial charge in [-0.1, -0.05) is 6.42 Å². The van der Waals surface area contributed by atoms with Crippen molar-refractivity contribution in [1.82, 2.24) is 10.6 Å². The fourth-order valence-corrected chi connectivity index (χ4v) is 2.71. The van der Waals surface area contributed by atoms with Gasteiger partial charge in [0.1, 0.15) is 0 Å². The molecule has 1 saturated heterocycles. The van der Waals surface area contributed by atoms with E-state index in [0.717, 1.165) is 32.2 Å². The second kappa shape index (κ2) is 5.49. The smallest absolute Gasteiger partial charge is 0.306 e. The van der Waals surface area contributed by atoms with Crippen LogP contribution in [0.5, 0.6) is 0 Å². The van der Waals surface area contributed by atoms with E-state index in [9.17, 15) is 9.59 Å². The first-order valence-electron chi connectivity index (χ1n) is 6.43. The highest BCUT2D eigenvalue weighted by Gasteiger charge is 2.32. The molecule has 1 saturated carbocycles. The van der Waals surface area contributed by atoms with Crippen LogP contribution in [-0.4, -0.2) is 35.6 Å². The Morgan fingerprint density at radius 1 is 1.18 bits per heavy atom. The predicted octanol–water partition coefficient (Wildman–Crippen LogP) is 0.498. The lowest BCUT2D eigenvalue weighted by Crippen LogP contribution is -2.49. The van der Waals surface area contributed by atoms with Crippen molar-refractivity contribution in [1.29, 1.82) is 0 Å². The number of rotatable bonds is 3. The van der Waals surface area contributed by atoms with Crippen LogP contribution < -0.4 is 10.6 Å². The molecule has 2 aliphatic rings. The maximum absolute atomic E-state index is 11.9. The van der Waals surface area contributed by atoms with E-state index >= 15 is 0 Å². The maximum Gasteiger partial charge on any atom is 0.306 e. The van der Waals surface area contributed by atoms with Crippen molar-refractivity contribution in [2.24, 2.45) is 5.92 Å². The van der Waals surface area contributed by atoms with E-state index < -0.39 is 5.97 Å². The monoisotopic (exact) mass is 240 g/mol. The van der Waals surface area contributed by atoms with Gasteiger partial charge in [0.15, 0.2) is 0 Å². The van der Waals surface area contributed by atoms with E-state index in [1.807, 2.05) is 0 Å². The summed E-state index contributed by atoms with van der Waals surface area (Å²) in [6.45, 7) is 0.903. The third-order valence-electron chi connectivity index (χ3n) is 3.76. The van der Waals surface area contributed by atoms with Gasteiger partial charge in [-0.05, 0) is 38.6 Å². The number of hydrogen-bond acceptors (Lipinski definition) is 3. The highest BCUT2D eigenvalue weighted by molar-refractivity contribution is 5.82. The van der Waals surface area contributed by atoms with Gasteiger partial charge in [-0.2, -0.15) is 0 Å². The molecule has 0 aromatic carbocycles. The summed E-state index contributed by atoms with van der Waals surface area (Å²) in [5, 5.41) is 15.1. The summed E-state index contributed by atoms with van der Waals surface area (Å²) < 4.78 is 0. The molecule has 5 nitrogen and oxygen atoms in total. The van der Waals surface area contributed by atoms with Gasteiger partial charge in [-0.15, -0.1) is 0 Å². The van der Waals surface area contributed by atoms with E-state index in [1.54, 1.807) is 0 Å². The predicted molar refractivity (Wildman–Crippen MR) is 62.5 cm³/mol. The zero-order chi connectivity index (χ0) is 12.3. The Hall–Kier alpha value is -1.10. The van der Waals surface area contributed by atoms with Gasteiger partial charge in [0, 0.05) is 6.04 Å². The summed E-state index contributed by atoms with van der Waals surface area (Å²) in [4.78, 5) is 22.7. The summed E-state index contributed by atoms with van der Waals surface area (Å²) in [5.41, 5.74) is 0. The van der Waals surface area contributed by atoms with E-state index in [2.05, 4.69) is 10.6 Å². The van der Waals surface area contributed by atoms with Crippen LogP contribution in [0.2, 0.25) is 0 Å². The first-order valence-corrected chi connectivity index (χ1v) is 6.43. The van der Waals surface area contributed by atoms with Crippen LogP contribution >= 0.6 is 0 Å². The van der Waals surface area contributed by atoms with Gasteiger partial charge in [-0.25, -0.2) is 0 Å². The number of carboxylic acids is 1. The maximum atomic E-state index is 11.9. The molecule has 0 spiro atoms. The number of nitrogens with one attached hydrogen (secondary N) is 2. The Balaban J connectivity index is 1.77. The van der Waals surface area contributed by atoms with E-state index in [-0.39, 0.29) is 23.9 Å². The molecule has 1 heterocycles. The van der Waals surface area contributed by atoms with Gasteiger partial charge in [0.25, 0.3) is 0 Å². The zero-order valence-electron chi connectivity index (χ0n) is 9.95. The fraction of sp³-hybridized carbons (Fsp3) is 0.833. The lowest BCUT2D eigenvalue weighted by molar-refractivity contribution is -0.141. The van der Waals surface area contributed by atoms with Crippen LogP contribution in [0.3, 0.4) is 0 Å². The van der Waals surface area contributed by atoms with Crippen molar-refractivity contribution < 1.29 is 14.7 Å². The Morgan fingerprint density at radius 2 is 2.00 bits per heavy atom. The average molecular weight is 240 g/mol. The van der Waals surface area contributed by atoms with E-state index in [1.165, 1.54) is 0 Å². The molecule has 1 aliphatic heterocycles. The Morgan fingerprint density at radius 3 is 2.59 bits per heavy atom. The van der Waals surface area contributed by atoms with Crippen LogP contribution in [0.25, 0.3) is 0 Å². The molecule has 96 valence electrons. The van der Waals surface area contributed by atoms with Crippen molar-refractivity contribution in [2.45, 2.75) is 50.6 Å². The number of piperidine rings is 1. The number of carboxylic acid groups (broad SMARTS) is 1. The van der Waals surface area contributed by atoms with Crippen molar-refractivity contribution in [2.75, 3.05) is 6.54 Å². The molecule has 2 unspecified atom stereocenters. The molecule has 0 bridgehead atoms. The number of carbonyl (C=O) groups is 2. The van der Waals surface area contributed by atoms with Crippen LogP contribution in [0.15, 0.2) is 0 Å². The van der Waals surface area contributed by atoms with Gasteiger partial charge in [0.2, 0.25) is 5.91 Å². The summed E-state index contributed by atoms with van der Waals surface area (Å²) in [6.07, 6.45) is 5.16. The molecule has 2 rings (SSSR count). The average Bonchev–Trinajstić information content (AvgIpc) is 2.79. The SMILES string of the molecule is O=C(O)C1CCC(NC(=O)[C@@H]2CCCCN2)C1. The number of carbonyl (C=O) groups excluding carboxylic acids is 1. The van der Waals surface area contributed by atoms with E-state index in [4.69, 9.17) is 5.11 Å². The third kappa shape index (κ3) is 3.19. The second-order valence-corrected chi connectivity index (χ2v) is 5.06. The lowest BCUT2D eigenvalue weighted by atomic mass is 10.0. The molecule has 5 heteroatoms. The number of aliphatic carboxylic acids is 1. The summed E-state index contributed by atoms with van der Waals surface area (Å²) >= 11 is 0. The molecule has 1 aliphatic carbocycles. The van der Waals surface area contributed by atoms with Crippen molar-refractivity contribution >= 4 is 11.9 Å². The first kappa shape index (κ1) is 12.4. The quantitative estimate of drug-likeness (QED) is 0.671. The largest absolute Gasteiger partial charge is 0.481 e. The van der Waals surface area contributed by atoms with Gasteiger partial charge < -0.3 is 15.7 Å². The standard InChI is InChI=1S/C12H20N2O3/c15-11(10-3-1-2-6-13-10)14-9-5-4-8(7-9)12(16)17/h8-10,13H,1-7H2,(H,14,15)(H,16,17)/t8?,9?,10-/m0/s1. The Kier molecular flexibility index (Phi) is 3.99. The minimum atomic E-state index is -0.738. The summed E-state index contributed by atoms with van der Waals surface area (Å²) in [7, 11) is 0. The van der Waals surface area contributed by atoms with Crippen molar-refractivity contribution in [3.8, 4) is 0 Å². The van der Waals surface area contributed by atoms with Gasteiger partial charge in [-0.3, -0.25) is 9.59 Å². The van der Waals surface area contributed by atoms with Crippen LogP contribution in [0, 0.1) is 5.92 Å². The molecular weight excluding hydrogens is 220 g/mol. The number of amides is 1. The second-order valence-electron chi connectivity index (χ2n) is 5.06. The molecule has 3 atom stereocenters. The molecule has 1 amide bonds. The molecule has 2 fully saturated rings. The Bertz CT molecular complexity index is 300. The molecular formula is C12H20N2O3. The van der Waals surface area contributed by atoms with Crippen LogP contribution in [0.4, 0.5) is 0 Å². The van der Waals surface area contributed by atoms with Crippen molar-refractivity contribution in [3.05, 3.63) is 0 Å². The molecule has 0 radical (unpaired) electrons. The summed E-state index contributed by atoms with van der Waals surface area (Å²) in [5.74, 6) is -0.974.